The summed E-state index contributed by atoms with van der Waals surface area (Å²) in [4.78, 5) is 10.9. The summed E-state index contributed by atoms with van der Waals surface area (Å²) in [5.41, 5.74) is 0.599. The highest BCUT2D eigenvalue weighted by molar-refractivity contribution is 5.87. The second-order valence-electron chi connectivity index (χ2n) is 3.49. The van der Waals surface area contributed by atoms with Crippen molar-refractivity contribution >= 4 is 16.9 Å². The molecule has 5 nitrogen and oxygen atoms in total. The van der Waals surface area contributed by atoms with E-state index in [2.05, 4.69) is 5.16 Å². The molecule has 0 aliphatic heterocycles. The molecule has 1 aromatic carbocycles. The maximum Gasteiger partial charge on any atom is 0.314 e. The van der Waals surface area contributed by atoms with E-state index in [4.69, 9.17) is 14.4 Å². The number of aliphatic carboxylic acids is 1. The van der Waals surface area contributed by atoms with Crippen molar-refractivity contribution in [3.05, 3.63) is 24.0 Å². The van der Waals surface area contributed by atoms with E-state index >= 15 is 0 Å². The van der Waals surface area contributed by atoms with Crippen LogP contribution >= 0.6 is 0 Å². The van der Waals surface area contributed by atoms with Crippen LogP contribution in [-0.2, 0) is 4.79 Å². The Kier molecular flexibility index (Phi) is 2.52. The highest BCUT2D eigenvalue weighted by atomic mass is 16.5. The third-order valence-corrected chi connectivity index (χ3v) is 2.48. The van der Waals surface area contributed by atoms with Crippen molar-refractivity contribution in [1.29, 1.82) is 0 Å². The summed E-state index contributed by atoms with van der Waals surface area (Å²) < 4.78 is 10.1. The van der Waals surface area contributed by atoms with Crippen LogP contribution in [0, 0.1) is 0 Å². The fourth-order valence-corrected chi connectivity index (χ4v) is 1.49. The molecule has 5 heteroatoms. The third kappa shape index (κ3) is 1.60. The Labute approximate surface area is 91.6 Å². The number of hydrogen-bond donors (Lipinski definition) is 1. The summed E-state index contributed by atoms with van der Waals surface area (Å²) in [6.07, 6.45) is 0. The highest BCUT2D eigenvalue weighted by Crippen LogP contribution is 2.28. The molecule has 0 radical (unpaired) electrons. The SMILES string of the molecule is COc1ccc2c(C(C)C(=O)O)onc2c1. The van der Waals surface area contributed by atoms with Gasteiger partial charge in [-0.3, -0.25) is 4.79 Å². The van der Waals surface area contributed by atoms with Gasteiger partial charge in [-0.1, -0.05) is 5.16 Å². The quantitative estimate of drug-likeness (QED) is 0.858. The number of ether oxygens (including phenoxy) is 1. The van der Waals surface area contributed by atoms with Crippen LogP contribution in [0.3, 0.4) is 0 Å². The van der Waals surface area contributed by atoms with Crippen molar-refractivity contribution in [3.63, 3.8) is 0 Å². The van der Waals surface area contributed by atoms with E-state index in [0.29, 0.717) is 22.4 Å². The fraction of sp³-hybridized carbons (Fsp3) is 0.273. The Bertz CT molecular complexity index is 532. The Morgan fingerprint density at radius 1 is 1.56 bits per heavy atom. The van der Waals surface area contributed by atoms with Gasteiger partial charge in [-0.05, 0) is 19.1 Å². The van der Waals surface area contributed by atoms with E-state index < -0.39 is 11.9 Å². The lowest BCUT2D eigenvalue weighted by molar-refractivity contribution is -0.138. The van der Waals surface area contributed by atoms with E-state index in [-0.39, 0.29) is 0 Å². The van der Waals surface area contributed by atoms with Crippen LogP contribution in [0.2, 0.25) is 0 Å². The van der Waals surface area contributed by atoms with Crippen molar-refractivity contribution in [3.8, 4) is 5.75 Å². The molecule has 0 bridgehead atoms. The number of carbonyl (C=O) groups is 1. The predicted octanol–water partition coefficient (Wildman–Crippen LogP) is 2.02. The molecular formula is C11H11NO4. The summed E-state index contributed by atoms with van der Waals surface area (Å²) in [6, 6.07) is 5.20. The first kappa shape index (κ1) is 10.5. The zero-order valence-corrected chi connectivity index (χ0v) is 8.93. The number of methoxy groups -OCH3 is 1. The second-order valence-corrected chi connectivity index (χ2v) is 3.49. The Balaban J connectivity index is 2.53. The second kappa shape index (κ2) is 3.84. The smallest absolute Gasteiger partial charge is 0.314 e. The van der Waals surface area contributed by atoms with Gasteiger partial charge in [0.25, 0.3) is 0 Å². The molecule has 2 rings (SSSR count). The van der Waals surface area contributed by atoms with Crippen molar-refractivity contribution in [1.82, 2.24) is 5.16 Å². The number of fused-ring (bicyclic) bond motifs is 1. The van der Waals surface area contributed by atoms with Gasteiger partial charge in [0.15, 0.2) is 5.76 Å². The number of carboxylic acid groups (broad SMARTS) is 1. The van der Waals surface area contributed by atoms with Crippen LogP contribution in [-0.4, -0.2) is 23.3 Å². The summed E-state index contributed by atoms with van der Waals surface area (Å²) in [7, 11) is 1.56. The lowest BCUT2D eigenvalue weighted by Gasteiger charge is -2.01. The molecule has 1 aromatic heterocycles. The summed E-state index contributed by atoms with van der Waals surface area (Å²) >= 11 is 0. The molecule has 0 aliphatic rings. The zero-order valence-electron chi connectivity index (χ0n) is 8.93. The first-order chi connectivity index (χ1) is 7.63. The molecule has 2 aromatic rings. The normalized spacial score (nSPS) is 12.6. The number of hydrogen-bond acceptors (Lipinski definition) is 4. The average Bonchev–Trinajstić information content (AvgIpc) is 2.70. The van der Waals surface area contributed by atoms with Gasteiger partial charge >= 0.3 is 5.97 Å². The molecular weight excluding hydrogens is 210 g/mol. The molecule has 1 N–H and O–H groups in total. The summed E-state index contributed by atoms with van der Waals surface area (Å²) in [5.74, 6) is -0.618. The molecule has 0 amide bonds. The van der Waals surface area contributed by atoms with Crippen molar-refractivity contribution in [2.75, 3.05) is 7.11 Å². The minimum atomic E-state index is -0.936. The minimum absolute atomic E-state index is 0.366. The van der Waals surface area contributed by atoms with E-state index in [0.717, 1.165) is 0 Å². The summed E-state index contributed by atoms with van der Waals surface area (Å²) in [5, 5.41) is 13.4. The molecule has 16 heavy (non-hydrogen) atoms. The molecule has 1 heterocycles. The van der Waals surface area contributed by atoms with Crippen LogP contribution < -0.4 is 4.74 Å². The van der Waals surface area contributed by atoms with Gasteiger partial charge in [0, 0.05) is 11.5 Å². The molecule has 0 saturated heterocycles. The lowest BCUT2D eigenvalue weighted by Crippen LogP contribution is -2.06. The molecule has 0 fully saturated rings. The third-order valence-electron chi connectivity index (χ3n) is 2.48. The summed E-state index contributed by atoms with van der Waals surface area (Å²) in [6.45, 7) is 1.56. The molecule has 0 spiro atoms. The molecule has 0 aliphatic carbocycles. The van der Waals surface area contributed by atoms with E-state index in [1.165, 1.54) is 0 Å². The maximum atomic E-state index is 10.9. The molecule has 1 unspecified atom stereocenters. The van der Waals surface area contributed by atoms with Crippen LogP contribution in [0.4, 0.5) is 0 Å². The molecule has 0 saturated carbocycles. The van der Waals surface area contributed by atoms with Crippen LogP contribution in [0.15, 0.2) is 22.7 Å². The van der Waals surface area contributed by atoms with E-state index in [1.54, 1.807) is 32.2 Å². The first-order valence-electron chi connectivity index (χ1n) is 4.79. The van der Waals surface area contributed by atoms with Crippen LogP contribution in [0.5, 0.6) is 5.75 Å². The van der Waals surface area contributed by atoms with Gasteiger partial charge < -0.3 is 14.4 Å². The van der Waals surface area contributed by atoms with Crippen molar-refractivity contribution < 1.29 is 19.2 Å². The van der Waals surface area contributed by atoms with Gasteiger partial charge in [0.2, 0.25) is 0 Å². The van der Waals surface area contributed by atoms with Crippen LogP contribution in [0.1, 0.15) is 18.6 Å². The number of rotatable bonds is 3. The van der Waals surface area contributed by atoms with E-state index in [9.17, 15) is 4.79 Å². The maximum absolute atomic E-state index is 10.9. The number of carboxylic acids is 1. The molecule has 1 atom stereocenters. The van der Waals surface area contributed by atoms with Gasteiger partial charge in [-0.25, -0.2) is 0 Å². The molecule has 84 valence electrons. The lowest BCUT2D eigenvalue weighted by atomic mass is 10.1. The number of aromatic nitrogens is 1. The van der Waals surface area contributed by atoms with Crippen molar-refractivity contribution in [2.45, 2.75) is 12.8 Å². The predicted molar refractivity (Wildman–Crippen MR) is 56.6 cm³/mol. The number of benzene rings is 1. The Morgan fingerprint density at radius 2 is 2.31 bits per heavy atom. The van der Waals surface area contributed by atoms with E-state index in [1.807, 2.05) is 0 Å². The van der Waals surface area contributed by atoms with Gasteiger partial charge in [-0.2, -0.15) is 0 Å². The largest absolute Gasteiger partial charge is 0.497 e. The highest BCUT2D eigenvalue weighted by Gasteiger charge is 2.21. The monoisotopic (exact) mass is 221 g/mol. The van der Waals surface area contributed by atoms with Crippen molar-refractivity contribution in [2.24, 2.45) is 0 Å². The number of nitrogens with zero attached hydrogens (tertiary/aromatic N) is 1. The minimum Gasteiger partial charge on any atom is -0.497 e. The standard InChI is InChI=1S/C11H11NO4/c1-6(11(13)14)10-8-4-3-7(15-2)5-9(8)12-16-10/h3-6H,1-2H3,(H,13,14). The fourth-order valence-electron chi connectivity index (χ4n) is 1.49. The van der Waals surface area contributed by atoms with Gasteiger partial charge in [-0.15, -0.1) is 0 Å². The topological polar surface area (TPSA) is 72.6 Å². The first-order valence-corrected chi connectivity index (χ1v) is 4.79. The average molecular weight is 221 g/mol. The van der Waals surface area contributed by atoms with Gasteiger partial charge in [0.05, 0.1) is 7.11 Å². The Hall–Kier alpha value is -2.04. The van der Waals surface area contributed by atoms with Crippen LogP contribution in [0.25, 0.3) is 10.9 Å². The van der Waals surface area contributed by atoms with Gasteiger partial charge in [0.1, 0.15) is 17.2 Å². The Morgan fingerprint density at radius 3 is 2.94 bits per heavy atom. The zero-order chi connectivity index (χ0) is 11.7.